The lowest BCUT2D eigenvalue weighted by Gasteiger charge is -2.39. The Morgan fingerprint density at radius 3 is 2.39 bits per heavy atom. The minimum absolute atomic E-state index is 0.0603. The molecule has 0 saturated carbocycles. The van der Waals surface area contributed by atoms with Crippen LogP contribution in [0.25, 0.3) is 0 Å². The molecule has 0 rings (SSSR count). The maximum Gasteiger partial charge on any atom is 0.192 e. The summed E-state index contributed by atoms with van der Waals surface area (Å²) in [4.78, 5) is 0. The third kappa shape index (κ3) is 6.39. The summed E-state index contributed by atoms with van der Waals surface area (Å²) in [6.45, 7) is 15.0. The molecule has 2 nitrogen and oxygen atoms in total. The molecule has 0 heterocycles. The van der Waals surface area contributed by atoms with E-state index >= 15 is 0 Å². The van der Waals surface area contributed by atoms with Gasteiger partial charge in [0.1, 0.15) is 6.61 Å². The van der Waals surface area contributed by atoms with Gasteiger partial charge in [0.25, 0.3) is 0 Å². The lowest BCUT2D eigenvalue weighted by molar-refractivity contribution is 0.175. The lowest BCUT2D eigenvalue weighted by Crippen LogP contribution is -2.43. The van der Waals surface area contributed by atoms with Gasteiger partial charge in [0.15, 0.2) is 8.32 Å². The number of hydrogen-bond donors (Lipinski definition) is 1. The van der Waals surface area contributed by atoms with Gasteiger partial charge in [-0.15, -0.1) is 12.5 Å². The molecule has 1 N–H and O–H groups in total. The van der Waals surface area contributed by atoms with Crippen molar-refractivity contribution in [1.29, 1.82) is 0 Å². The van der Waals surface area contributed by atoms with Crippen LogP contribution in [0.1, 0.15) is 40.0 Å². The van der Waals surface area contributed by atoms with Gasteiger partial charge in [-0.2, -0.15) is 0 Å². The molecule has 0 aromatic rings. The van der Waals surface area contributed by atoms with Gasteiger partial charge in [0, 0.05) is 12.5 Å². The molecule has 3 heteroatoms. The maximum absolute atomic E-state index is 8.61. The second-order valence-electron chi connectivity index (χ2n) is 6.07. The predicted molar refractivity (Wildman–Crippen MR) is 81.0 cm³/mol. The van der Waals surface area contributed by atoms with E-state index in [4.69, 9.17) is 9.53 Å². The van der Waals surface area contributed by atoms with Crippen molar-refractivity contribution in [3.8, 4) is 11.8 Å². The number of rotatable bonds is 6. The molecule has 0 aromatic carbocycles. The minimum Gasteiger partial charge on any atom is -0.414 e. The fraction of sp³-hybridized carbons (Fsp3) is 0.733. The smallest absolute Gasteiger partial charge is 0.192 e. The molecule has 0 aliphatic heterocycles. The van der Waals surface area contributed by atoms with Crippen LogP contribution in [-0.2, 0) is 4.43 Å². The lowest BCUT2D eigenvalue weighted by atomic mass is 10.1. The van der Waals surface area contributed by atoms with Crippen molar-refractivity contribution in [2.75, 3.05) is 6.61 Å². The molecular formula is C15H28O2Si. The van der Waals surface area contributed by atoms with Crippen LogP contribution in [0.3, 0.4) is 0 Å². The average molecular weight is 268 g/mol. The van der Waals surface area contributed by atoms with Crippen molar-refractivity contribution >= 4 is 8.32 Å². The summed E-state index contributed by atoms with van der Waals surface area (Å²) in [5.74, 6) is 5.62. The van der Waals surface area contributed by atoms with Gasteiger partial charge >= 0.3 is 0 Å². The van der Waals surface area contributed by atoms with Crippen molar-refractivity contribution in [3.05, 3.63) is 12.7 Å². The van der Waals surface area contributed by atoms with Gasteiger partial charge in [0.2, 0.25) is 0 Å². The normalized spacial score (nSPS) is 13.7. The van der Waals surface area contributed by atoms with Crippen LogP contribution >= 0.6 is 0 Å². The van der Waals surface area contributed by atoms with Crippen LogP contribution in [0.2, 0.25) is 18.1 Å². The molecule has 0 fully saturated rings. The summed E-state index contributed by atoms with van der Waals surface area (Å²) in [7, 11) is -1.72. The highest BCUT2D eigenvalue weighted by Crippen LogP contribution is 2.38. The third-order valence-corrected chi connectivity index (χ3v) is 8.03. The van der Waals surface area contributed by atoms with E-state index in [1.54, 1.807) is 0 Å². The Hall–Kier alpha value is -0.563. The van der Waals surface area contributed by atoms with E-state index in [2.05, 4.69) is 52.3 Å². The summed E-state index contributed by atoms with van der Waals surface area (Å²) >= 11 is 0. The van der Waals surface area contributed by atoms with Crippen molar-refractivity contribution in [1.82, 2.24) is 0 Å². The molecule has 0 aliphatic carbocycles. The first kappa shape index (κ1) is 17.4. The monoisotopic (exact) mass is 268 g/mol. The quantitative estimate of drug-likeness (QED) is 0.452. The fourth-order valence-electron chi connectivity index (χ4n) is 1.38. The molecular weight excluding hydrogens is 240 g/mol. The average Bonchev–Trinajstić information content (AvgIpc) is 2.22. The van der Waals surface area contributed by atoms with Crippen LogP contribution in [0.5, 0.6) is 0 Å². The second-order valence-corrected chi connectivity index (χ2v) is 10.8. The molecule has 1 atom stereocenters. The summed E-state index contributed by atoms with van der Waals surface area (Å²) in [5, 5.41) is 8.84. The van der Waals surface area contributed by atoms with Gasteiger partial charge in [-0.3, -0.25) is 0 Å². The molecule has 0 radical (unpaired) electrons. The van der Waals surface area contributed by atoms with E-state index in [0.29, 0.717) is 0 Å². The van der Waals surface area contributed by atoms with E-state index in [-0.39, 0.29) is 17.7 Å². The zero-order valence-electron chi connectivity index (χ0n) is 12.5. The Kier molecular flexibility index (Phi) is 7.54. The van der Waals surface area contributed by atoms with E-state index in [0.717, 1.165) is 19.3 Å². The first-order chi connectivity index (χ1) is 8.24. The van der Waals surface area contributed by atoms with E-state index in [9.17, 15) is 0 Å². The van der Waals surface area contributed by atoms with Gasteiger partial charge in [-0.05, 0) is 31.0 Å². The van der Waals surface area contributed by atoms with Crippen LogP contribution in [0, 0.1) is 11.8 Å². The number of aliphatic hydroxyl groups is 1. The Morgan fingerprint density at radius 1 is 1.33 bits per heavy atom. The number of aliphatic hydroxyl groups excluding tert-OH is 1. The predicted octanol–water partition coefficient (Wildman–Crippen LogP) is 3.73. The van der Waals surface area contributed by atoms with Crippen LogP contribution in [-0.4, -0.2) is 26.1 Å². The molecule has 18 heavy (non-hydrogen) atoms. The zero-order valence-corrected chi connectivity index (χ0v) is 13.5. The number of hydrogen-bond acceptors (Lipinski definition) is 2. The van der Waals surface area contributed by atoms with Gasteiger partial charge < -0.3 is 9.53 Å². The summed E-state index contributed by atoms with van der Waals surface area (Å²) in [6.07, 6.45) is 4.67. The molecule has 0 aromatic heterocycles. The highest BCUT2D eigenvalue weighted by atomic mass is 28.4. The van der Waals surface area contributed by atoms with E-state index < -0.39 is 8.32 Å². The topological polar surface area (TPSA) is 29.5 Å². The summed E-state index contributed by atoms with van der Waals surface area (Å²) in [5.41, 5.74) is 0. The Labute approximate surface area is 114 Å². The summed E-state index contributed by atoms with van der Waals surface area (Å²) in [6, 6.07) is 0. The first-order valence-electron chi connectivity index (χ1n) is 6.60. The molecule has 104 valence electrons. The van der Waals surface area contributed by atoms with Crippen molar-refractivity contribution in [2.24, 2.45) is 0 Å². The summed E-state index contributed by atoms with van der Waals surface area (Å²) < 4.78 is 6.36. The highest BCUT2D eigenvalue weighted by molar-refractivity contribution is 6.74. The van der Waals surface area contributed by atoms with E-state index in [1.165, 1.54) is 0 Å². The van der Waals surface area contributed by atoms with Gasteiger partial charge in [-0.25, -0.2) is 0 Å². The Balaban J connectivity index is 4.47. The van der Waals surface area contributed by atoms with E-state index in [1.807, 2.05) is 6.08 Å². The Morgan fingerprint density at radius 2 is 1.94 bits per heavy atom. The van der Waals surface area contributed by atoms with Gasteiger partial charge in [0.05, 0.1) is 0 Å². The Bertz CT molecular complexity index is 305. The van der Waals surface area contributed by atoms with Crippen LogP contribution in [0.4, 0.5) is 0 Å². The minimum atomic E-state index is -1.72. The van der Waals surface area contributed by atoms with Crippen LogP contribution < -0.4 is 0 Å². The van der Waals surface area contributed by atoms with Crippen molar-refractivity contribution < 1.29 is 9.53 Å². The molecule has 0 spiro atoms. The fourth-order valence-corrected chi connectivity index (χ4v) is 2.78. The van der Waals surface area contributed by atoms with Gasteiger partial charge in [-0.1, -0.05) is 32.8 Å². The van der Waals surface area contributed by atoms with Crippen molar-refractivity contribution in [3.63, 3.8) is 0 Å². The molecule has 0 amide bonds. The van der Waals surface area contributed by atoms with Crippen LogP contribution in [0.15, 0.2) is 12.7 Å². The molecule has 0 bridgehead atoms. The molecule has 0 aliphatic rings. The first-order valence-corrected chi connectivity index (χ1v) is 9.50. The highest BCUT2D eigenvalue weighted by Gasteiger charge is 2.38. The SMILES string of the molecule is C=CC[C@H](CCC#CCO)O[Si](C)(C)C(C)(C)C. The second kappa shape index (κ2) is 7.78. The van der Waals surface area contributed by atoms with Crippen molar-refractivity contribution in [2.45, 2.75) is 64.3 Å². The third-order valence-electron chi connectivity index (χ3n) is 3.49. The molecule has 0 saturated heterocycles. The maximum atomic E-state index is 8.61. The molecule has 0 unspecified atom stereocenters. The largest absolute Gasteiger partial charge is 0.414 e. The standard InChI is InChI=1S/C15H28O2Si/c1-7-11-14(12-9-8-10-13-16)17-18(5,6)15(2,3)4/h7,14,16H,1,9,11-13H2,2-6H3/t14-/m1/s1. The zero-order chi connectivity index (χ0) is 14.2.